The molecule has 0 saturated carbocycles. The van der Waals surface area contributed by atoms with Crippen molar-refractivity contribution >= 4 is 3.71 Å². The third-order valence-corrected chi connectivity index (χ3v) is 9.17. The van der Waals surface area contributed by atoms with E-state index in [1.54, 1.807) is 6.56 Å². The first-order valence-electron chi connectivity index (χ1n) is 5.62. The van der Waals surface area contributed by atoms with Crippen LogP contribution < -0.4 is 10.2 Å². The van der Waals surface area contributed by atoms with Crippen molar-refractivity contribution in [3.8, 4) is 0 Å². The van der Waals surface area contributed by atoms with Crippen LogP contribution in [0.15, 0.2) is 43.0 Å². The van der Waals surface area contributed by atoms with Crippen LogP contribution in [0.2, 0.25) is 0 Å². The Labute approximate surface area is 112 Å². The predicted molar refractivity (Wildman–Crippen MR) is 67.3 cm³/mol. The van der Waals surface area contributed by atoms with Gasteiger partial charge in [0.05, 0.1) is 0 Å². The van der Waals surface area contributed by atoms with Crippen LogP contribution in [0.5, 0.6) is 0 Å². The van der Waals surface area contributed by atoms with E-state index in [9.17, 15) is 0 Å². The van der Waals surface area contributed by atoms with Crippen LogP contribution in [0.25, 0.3) is 0 Å². The number of rotatable bonds is 2. The van der Waals surface area contributed by atoms with E-state index in [4.69, 9.17) is 10.2 Å². The summed E-state index contributed by atoms with van der Waals surface area (Å²) in [5, 5.41) is 16.5. The first kappa shape index (κ1) is 16.6. The Bertz CT molecular complexity index is 328. The smallest absolute Gasteiger partial charge is 0.153 e. The van der Waals surface area contributed by atoms with Crippen molar-refractivity contribution in [1.82, 2.24) is 0 Å². The van der Waals surface area contributed by atoms with Crippen LogP contribution in [0.4, 0.5) is 0 Å². The van der Waals surface area contributed by atoms with E-state index in [1.807, 2.05) is 0 Å². The Morgan fingerprint density at radius 2 is 1.35 bits per heavy atom. The molecule has 0 aliphatic heterocycles. The maximum Gasteiger partial charge on any atom is -0.153 e. The molecule has 0 bridgehead atoms. The van der Waals surface area contributed by atoms with Gasteiger partial charge in [-0.15, -0.1) is 0 Å². The predicted octanol–water partition coefficient (Wildman–Crippen LogP) is 1.07. The Kier molecular flexibility index (Phi) is 10.5. The molecule has 0 radical (unpaired) electrons. The average Bonchev–Trinajstić information content (AvgIpc) is 3.08. The second kappa shape index (κ2) is 10.8. The van der Waals surface area contributed by atoms with Gasteiger partial charge in [-0.25, -0.2) is 0 Å². The molecule has 2 nitrogen and oxygen atoms in total. The zero-order valence-electron chi connectivity index (χ0n) is 10.8. The Morgan fingerprint density at radius 1 is 0.941 bits per heavy atom. The molecule has 0 heterocycles. The van der Waals surface area contributed by atoms with Crippen LogP contribution in [0, 0.1) is 0 Å². The first-order chi connectivity index (χ1) is 8.42. The number of hydrogen-bond donors (Lipinski definition) is 0. The molecule has 2 aliphatic carbocycles. The molecule has 2 rings (SSSR count). The molecule has 92 valence electrons. The molecule has 0 unspecified atom stereocenters. The van der Waals surface area contributed by atoms with Crippen molar-refractivity contribution in [2.75, 3.05) is 14.2 Å². The summed E-state index contributed by atoms with van der Waals surface area (Å²) in [6.45, 7) is 2.24. The van der Waals surface area contributed by atoms with Crippen molar-refractivity contribution in [3.05, 3.63) is 43.0 Å². The van der Waals surface area contributed by atoms with E-state index in [0.29, 0.717) is 0 Å². The third kappa shape index (κ3) is 5.20. The monoisotopic (exact) mass is 310 g/mol. The Balaban J connectivity index is 0.000000581. The zero-order valence-corrected chi connectivity index (χ0v) is 13.2. The van der Waals surface area contributed by atoms with Crippen molar-refractivity contribution in [1.29, 1.82) is 0 Å². The van der Waals surface area contributed by atoms with Crippen molar-refractivity contribution in [2.24, 2.45) is 0 Å². The van der Waals surface area contributed by atoms with Gasteiger partial charge in [0.25, 0.3) is 0 Å². The van der Waals surface area contributed by atoms with Gasteiger partial charge in [-0.05, 0) is 0 Å². The van der Waals surface area contributed by atoms with Gasteiger partial charge in [-0.2, -0.15) is 14.2 Å². The number of allylic oxidation sites excluding steroid dienone is 8. The summed E-state index contributed by atoms with van der Waals surface area (Å²) < 4.78 is 5.97. The van der Waals surface area contributed by atoms with Gasteiger partial charge in [0.15, 0.2) is 0 Å². The first-order valence-corrected chi connectivity index (χ1v) is 9.49. The fourth-order valence-corrected chi connectivity index (χ4v) is 7.72. The molecule has 3 heteroatoms. The molecule has 0 aromatic rings. The molecule has 0 N–H and O–H groups in total. The Hall–Kier alpha value is -0.367. The average molecular weight is 312 g/mol. The van der Waals surface area contributed by atoms with E-state index < -0.39 is 21.3 Å². The van der Waals surface area contributed by atoms with Crippen molar-refractivity contribution in [2.45, 2.75) is 19.8 Å². The van der Waals surface area contributed by atoms with Gasteiger partial charge in [0.1, 0.15) is 0 Å². The van der Waals surface area contributed by atoms with Gasteiger partial charge >= 0.3 is 87.8 Å². The fraction of sp³-hybridized carbons (Fsp3) is 0.357. The fourth-order valence-electron chi connectivity index (χ4n) is 1.87. The molecular formula is C14H20O2Zr. The molecule has 0 aromatic carbocycles. The van der Waals surface area contributed by atoms with E-state index >= 15 is 0 Å². The minimum atomic E-state index is -1.44. The molecular weight excluding hydrogens is 291 g/mol. The summed E-state index contributed by atoms with van der Waals surface area (Å²) in [7, 11) is 1.50. The van der Waals surface area contributed by atoms with Crippen LogP contribution in [0.1, 0.15) is 19.8 Å². The minimum absolute atomic E-state index is 0.750. The normalized spacial score (nSPS) is 14.6. The summed E-state index contributed by atoms with van der Waals surface area (Å²) in [5.74, 6) is 0. The minimum Gasteiger partial charge on any atom is -0.857 e. The molecule has 0 saturated heterocycles. The molecule has 0 fully saturated rings. The van der Waals surface area contributed by atoms with Crippen LogP contribution in [0.3, 0.4) is 0 Å². The Morgan fingerprint density at radius 3 is 1.59 bits per heavy atom. The van der Waals surface area contributed by atoms with E-state index in [0.717, 1.165) is 14.2 Å². The molecule has 17 heavy (non-hydrogen) atoms. The van der Waals surface area contributed by atoms with Crippen LogP contribution in [-0.4, -0.2) is 17.9 Å². The molecule has 0 amide bonds. The van der Waals surface area contributed by atoms with Crippen LogP contribution in [-0.2, 0) is 21.3 Å². The van der Waals surface area contributed by atoms with Gasteiger partial charge in [-0.1, -0.05) is 0 Å². The summed E-state index contributed by atoms with van der Waals surface area (Å²) >= 11 is -1.44. The molecule has 0 aromatic heterocycles. The SMILES string of the molecule is C[CH]=[Zr+2]([C]1=CC=CC1)[C]1=CC=CC1.C[O-].C[O-]. The maximum absolute atomic E-state index is 8.25. The van der Waals surface area contributed by atoms with E-state index in [1.165, 1.54) is 12.8 Å². The van der Waals surface area contributed by atoms with Gasteiger partial charge < -0.3 is 10.2 Å². The zero-order chi connectivity index (χ0) is 13.1. The maximum atomic E-state index is 8.25. The molecule has 0 spiro atoms. The van der Waals surface area contributed by atoms with Gasteiger partial charge in [0.2, 0.25) is 0 Å². The summed E-state index contributed by atoms with van der Waals surface area (Å²) in [6, 6.07) is 0. The summed E-state index contributed by atoms with van der Waals surface area (Å²) in [4.78, 5) is 0. The second-order valence-corrected chi connectivity index (χ2v) is 9.96. The standard InChI is InChI=1S/2C5H5.C2H4.2CH3O.Zr/c2*1-2-4-5-3-1;3*1-2;/h2*1-3H,4H2;1H,2H3;2*1H3;/q;;;2*-1;+2. The van der Waals surface area contributed by atoms with E-state index in [2.05, 4.69) is 47.1 Å². The quantitative estimate of drug-likeness (QED) is 0.766. The molecule has 0 atom stereocenters. The summed E-state index contributed by atoms with van der Waals surface area (Å²) in [6.07, 6.45) is 16.1. The second-order valence-electron chi connectivity index (χ2n) is 3.35. The molecule has 2 aliphatic rings. The number of hydrogen-bond acceptors (Lipinski definition) is 2. The topological polar surface area (TPSA) is 46.1 Å². The van der Waals surface area contributed by atoms with Crippen molar-refractivity contribution < 1.29 is 31.5 Å². The van der Waals surface area contributed by atoms with E-state index in [-0.39, 0.29) is 0 Å². The third-order valence-electron chi connectivity index (χ3n) is 2.52. The van der Waals surface area contributed by atoms with Crippen molar-refractivity contribution in [3.63, 3.8) is 0 Å². The van der Waals surface area contributed by atoms with Crippen LogP contribution >= 0.6 is 0 Å². The largest absolute Gasteiger partial charge is 0.857 e. The van der Waals surface area contributed by atoms with Gasteiger partial charge in [-0.3, -0.25) is 0 Å². The van der Waals surface area contributed by atoms with Gasteiger partial charge in [0, 0.05) is 0 Å². The summed E-state index contributed by atoms with van der Waals surface area (Å²) in [5.41, 5.74) is 0.